The summed E-state index contributed by atoms with van der Waals surface area (Å²) in [5, 5.41) is 11.0. The average molecular weight is 262 g/mol. The zero-order chi connectivity index (χ0) is 13.7. The van der Waals surface area contributed by atoms with Gasteiger partial charge in [0.1, 0.15) is 11.7 Å². The lowest BCUT2D eigenvalue weighted by molar-refractivity contribution is 0.546. The molecule has 0 radical (unpaired) electrons. The van der Waals surface area contributed by atoms with Gasteiger partial charge in [0.15, 0.2) is 0 Å². The molecule has 0 bridgehead atoms. The Hall–Kier alpha value is -1.46. The summed E-state index contributed by atoms with van der Waals surface area (Å²) in [6.07, 6.45) is 0. The van der Waals surface area contributed by atoms with Crippen LogP contribution >= 0.6 is 11.6 Å². The van der Waals surface area contributed by atoms with E-state index in [0.717, 1.165) is 32.7 Å². The number of fused-ring (bicyclic) bond motifs is 1. The lowest BCUT2D eigenvalue weighted by atomic mass is 9.83. The maximum absolute atomic E-state index is 9.24. The number of nitriles is 1. The summed E-state index contributed by atoms with van der Waals surface area (Å²) in [5.41, 5.74) is 3.50. The molecule has 2 aromatic rings. The second-order valence-electron chi connectivity index (χ2n) is 5.67. The van der Waals surface area contributed by atoms with E-state index in [1.807, 2.05) is 19.9 Å². The summed E-state index contributed by atoms with van der Waals surface area (Å²) in [6.45, 7) is 10.1. The minimum Gasteiger partial charge on any atom is -0.445 e. The molecular formula is C15H16ClNO. The number of furan rings is 1. The predicted octanol–water partition coefficient (Wildman–Crippen LogP) is 4.87. The molecule has 0 N–H and O–H groups in total. The molecule has 0 atom stereocenters. The Morgan fingerprint density at radius 1 is 1.28 bits per heavy atom. The molecule has 2 nitrogen and oxygen atoms in total. The number of benzene rings is 1. The molecule has 2 rings (SSSR count). The maximum Gasteiger partial charge on any atom is 0.208 e. The van der Waals surface area contributed by atoms with Crippen LogP contribution in [0, 0.1) is 25.2 Å². The molecule has 0 fully saturated rings. The highest BCUT2D eigenvalue weighted by atomic mass is 35.5. The van der Waals surface area contributed by atoms with E-state index in [4.69, 9.17) is 16.0 Å². The van der Waals surface area contributed by atoms with Crippen LogP contribution in [0.5, 0.6) is 0 Å². The van der Waals surface area contributed by atoms with Gasteiger partial charge in [-0.25, -0.2) is 0 Å². The molecule has 0 aliphatic rings. The van der Waals surface area contributed by atoms with Crippen LogP contribution in [0.4, 0.5) is 0 Å². The number of aryl methyl sites for hydroxylation is 2. The zero-order valence-electron chi connectivity index (χ0n) is 11.3. The molecule has 1 aromatic carbocycles. The lowest BCUT2D eigenvalue weighted by Gasteiger charge is -2.18. The Morgan fingerprint density at radius 3 is 2.39 bits per heavy atom. The second-order valence-corrected chi connectivity index (χ2v) is 6.05. The van der Waals surface area contributed by atoms with Gasteiger partial charge in [0, 0.05) is 16.0 Å². The number of hydrogen-bond acceptors (Lipinski definition) is 2. The zero-order valence-corrected chi connectivity index (χ0v) is 12.1. The number of nitrogens with zero attached hydrogens (tertiary/aromatic N) is 1. The Kier molecular flexibility index (Phi) is 2.91. The molecule has 0 saturated carbocycles. The monoisotopic (exact) mass is 261 g/mol. The van der Waals surface area contributed by atoms with Crippen molar-refractivity contribution in [3.05, 3.63) is 33.5 Å². The van der Waals surface area contributed by atoms with E-state index in [-0.39, 0.29) is 5.41 Å². The first-order chi connectivity index (χ1) is 8.27. The molecule has 0 aliphatic heterocycles. The average Bonchev–Trinajstić information content (AvgIpc) is 2.64. The molecular weight excluding hydrogens is 246 g/mol. The quantitative estimate of drug-likeness (QED) is 0.678. The second kappa shape index (κ2) is 4.03. The van der Waals surface area contributed by atoms with Crippen molar-refractivity contribution in [3.8, 4) is 6.07 Å². The van der Waals surface area contributed by atoms with E-state index in [2.05, 4.69) is 26.8 Å². The van der Waals surface area contributed by atoms with Gasteiger partial charge in [-0.15, -0.1) is 0 Å². The van der Waals surface area contributed by atoms with Crippen LogP contribution in [0.15, 0.2) is 10.5 Å². The molecule has 3 heteroatoms. The maximum atomic E-state index is 9.24. The van der Waals surface area contributed by atoms with E-state index in [1.54, 1.807) is 0 Å². The Balaban J connectivity index is 3.01. The van der Waals surface area contributed by atoms with Gasteiger partial charge in [0.25, 0.3) is 0 Å². The van der Waals surface area contributed by atoms with E-state index in [1.165, 1.54) is 0 Å². The Bertz CT molecular complexity index is 669. The van der Waals surface area contributed by atoms with Gasteiger partial charge in [0.05, 0.1) is 0 Å². The van der Waals surface area contributed by atoms with Crippen molar-refractivity contribution in [3.63, 3.8) is 0 Å². The number of rotatable bonds is 0. The molecule has 0 unspecified atom stereocenters. The molecule has 0 aliphatic carbocycles. The van der Waals surface area contributed by atoms with Gasteiger partial charge in [-0.1, -0.05) is 32.4 Å². The van der Waals surface area contributed by atoms with E-state index >= 15 is 0 Å². The SMILES string of the molecule is Cc1cc2oc(C#N)c(C(C)(C)C)c2c(C)c1Cl. The first kappa shape index (κ1) is 13.0. The van der Waals surface area contributed by atoms with Crippen LogP contribution in [0.3, 0.4) is 0 Å². The Labute approximate surface area is 112 Å². The summed E-state index contributed by atoms with van der Waals surface area (Å²) in [4.78, 5) is 0. The van der Waals surface area contributed by atoms with Gasteiger partial charge in [-0.2, -0.15) is 5.26 Å². The number of hydrogen-bond donors (Lipinski definition) is 0. The van der Waals surface area contributed by atoms with Crippen LogP contribution in [-0.2, 0) is 5.41 Å². The summed E-state index contributed by atoms with van der Waals surface area (Å²) in [6, 6.07) is 4.05. The van der Waals surface area contributed by atoms with Gasteiger partial charge in [-0.3, -0.25) is 0 Å². The first-order valence-electron chi connectivity index (χ1n) is 5.90. The third-order valence-electron chi connectivity index (χ3n) is 3.19. The summed E-state index contributed by atoms with van der Waals surface area (Å²) >= 11 is 6.31. The van der Waals surface area contributed by atoms with Crippen molar-refractivity contribution < 1.29 is 4.42 Å². The smallest absolute Gasteiger partial charge is 0.208 e. The lowest BCUT2D eigenvalue weighted by Crippen LogP contribution is -2.12. The van der Waals surface area contributed by atoms with E-state index < -0.39 is 0 Å². The van der Waals surface area contributed by atoms with E-state index in [9.17, 15) is 5.26 Å². The highest BCUT2D eigenvalue weighted by Gasteiger charge is 2.27. The van der Waals surface area contributed by atoms with Crippen molar-refractivity contribution >= 4 is 22.6 Å². The predicted molar refractivity (Wildman–Crippen MR) is 74.1 cm³/mol. The van der Waals surface area contributed by atoms with Crippen molar-refractivity contribution in [2.24, 2.45) is 0 Å². The minimum absolute atomic E-state index is 0.153. The fourth-order valence-corrected chi connectivity index (χ4v) is 2.53. The van der Waals surface area contributed by atoms with Crippen LogP contribution in [0.1, 0.15) is 43.2 Å². The third kappa shape index (κ3) is 1.79. The fraction of sp³-hybridized carbons (Fsp3) is 0.400. The van der Waals surface area contributed by atoms with Crippen LogP contribution in [0.25, 0.3) is 11.0 Å². The Morgan fingerprint density at radius 2 is 1.89 bits per heavy atom. The molecule has 0 saturated heterocycles. The summed E-state index contributed by atoms with van der Waals surface area (Å²) in [5.74, 6) is 0.391. The highest BCUT2D eigenvalue weighted by molar-refractivity contribution is 6.33. The highest BCUT2D eigenvalue weighted by Crippen LogP contribution is 2.40. The van der Waals surface area contributed by atoms with Crippen LogP contribution < -0.4 is 0 Å². The van der Waals surface area contributed by atoms with Gasteiger partial charge >= 0.3 is 0 Å². The van der Waals surface area contributed by atoms with Crippen molar-refractivity contribution in [1.82, 2.24) is 0 Å². The fourth-order valence-electron chi connectivity index (χ4n) is 2.38. The van der Waals surface area contributed by atoms with Crippen molar-refractivity contribution in [1.29, 1.82) is 5.26 Å². The third-order valence-corrected chi connectivity index (χ3v) is 3.77. The minimum atomic E-state index is -0.153. The molecule has 0 amide bonds. The van der Waals surface area contributed by atoms with Gasteiger partial charge in [0.2, 0.25) is 5.76 Å². The standard InChI is InChI=1S/C15H16ClNO/c1-8-6-10-12(9(2)14(8)16)13(15(3,4)5)11(7-17)18-10/h6H,1-5H3. The van der Waals surface area contributed by atoms with E-state index in [0.29, 0.717) is 5.76 Å². The van der Waals surface area contributed by atoms with Crippen molar-refractivity contribution in [2.45, 2.75) is 40.0 Å². The topological polar surface area (TPSA) is 36.9 Å². The van der Waals surface area contributed by atoms with Crippen LogP contribution in [0.2, 0.25) is 5.02 Å². The first-order valence-corrected chi connectivity index (χ1v) is 6.28. The van der Waals surface area contributed by atoms with Gasteiger partial charge < -0.3 is 4.42 Å². The van der Waals surface area contributed by atoms with Crippen LogP contribution in [-0.4, -0.2) is 0 Å². The summed E-state index contributed by atoms with van der Waals surface area (Å²) in [7, 11) is 0. The van der Waals surface area contributed by atoms with Crippen molar-refractivity contribution in [2.75, 3.05) is 0 Å². The molecule has 1 heterocycles. The number of halogens is 1. The normalized spacial score (nSPS) is 11.8. The largest absolute Gasteiger partial charge is 0.445 e. The molecule has 18 heavy (non-hydrogen) atoms. The van der Waals surface area contributed by atoms with Gasteiger partial charge in [-0.05, 0) is 36.5 Å². The molecule has 0 spiro atoms. The summed E-state index contributed by atoms with van der Waals surface area (Å²) < 4.78 is 5.67. The molecule has 1 aromatic heterocycles. The molecule has 94 valence electrons.